The molecule has 156 valence electrons. The first-order chi connectivity index (χ1) is 14.3. The van der Waals surface area contributed by atoms with Crippen LogP contribution in [-0.2, 0) is 4.79 Å². The standard InChI is InChI=1S/C23H26N4O2S/c1-16(28)27(13-12-26(2)3)19-9-6-17(7-10-19)23(29)25-21-15-18(8-11-20(21)24)22-5-4-14-30-22/h4-11,14-15H,12-13,24H2,1-3H3,(H,25,29). The third kappa shape index (κ3) is 5.25. The van der Waals surface area contributed by atoms with Gasteiger partial charge in [-0.15, -0.1) is 11.3 Å². The van der Waals surface area contributed by atoms with E-state index < -0.39 is 0 Å². The maximum atomic E-state index is 12.7. The lowest BCUT2D eigenvalue weighted by molar-refractivity contribution is -0.116. The Balaban J connectivity index is 1.75. The van der Waals surface area contributed by atoms with Gasteiger partial charge in [-0.05, 0) is 67.5 Å². The number of thiophene rings is 1. The molecule has 0 saturated carbocycles. The van der Waals surface area contributed by atoms with Crippen molar-refractivity contribution in [1.82, 2.24) is 4.90 Å². The van der Waals surface area contributed by atoms with E-state index in [0.29, 0.717) is 23.5 Å². The Bertz CT molecular complexity index is 1010. The van der Waals surface area contributed by atoms with E-state index >= 15 is 0 Å². The third-order valence-corrected chi connectivity index (χ3v) is 5.62. The zero-order valence-electron chi connectivity index (χ0n) is 17.4. The molecule has 6 nitrogen and oxygen atoms in total. The van der Waals surface area contributed by atoms with Gasteiger partial charge in [0.1, 0.15) is 0 Å². The lowest BCUT2D eigenvalue weighted by atomic mass is 10.1. The Morgan fingerprint density at radius 3 is 2.37 bits per heavy atom. The Morgan fingerprint density at radius 2 is 1.77 bits per heavy atom. The van der Waals surface area contributed by atoms with E-state index in [1.807, 2.05) is 48.6 Å². The van der Waals surface area contributed by atoms with Crippen LogP contribution in [0.3, 0.4) is 0 Å². The highest BCUT2D eigenvalue weighted by Gasteiger charge is 2.14. The molecule has 0 saturated heterocycles. The summed E-state index contributed by atoms with van der Waals surface area (Å²) in [5.41, 5.74) is 9.41. The molecule has 0 bridgehead atoms. The van der Waals surface area contributed by atoms with Gasteiger partial charge < -0.3 is 20.9 Å². The van der Waals surface area contributed by atoms with Crippen LogP contribution in [0.4, 0.5) is 17.1 Å². The Kier molecular flexibility index (Phi) is 6.87. The fourth-order valence-corrected chi connectivity index (χ4v) is 3.74. The normalized spacial score (nSPS) is 10.8. The van der Waals surface area contributed by atoms with E-state index in [-0.39, 0.29) is 11.8 Å². The van der Waals surface area contributed by atoms with E-state index in [4.69, 9.17) is 5.73 Å². The maximum Gasteiger partial charge on any atom is 0.255 e. The molecule has 3 rings (SSSR count). The number of carbonyl (C=O) groups is 2. The van der Waals surface area contributed by atoms with Crippen LogP contribution in [-0.4, -0.2) is 43.9 Å². The van der Waals surface area contributed by atoms with Gasteiger partial charge in [0.25, 0.3) is 5.91 Å². The second-order valence-corrected chi connectivity index (χ2v) is 8.20. The minimum Gasteiger partial charge on any atom is -0.397 e. The Morgan fingerprint density at radius 1 is 1.03 bits per heavy atom. The number of hydrogen-bond acceptors (Lipinski definition) is 5. The molecule has 7 heteroatoms. The van der Waals surface area contributed by atoms with Gasteiger partial charge >= 0.3 is 0 Å². The van der Waals surface area contributed by atoms with Gasteiger partial charge in [0.05, 0.1) is 11.4 Å². The lowest BCUT2D eigenvalue weighted by Gasteiger charge is -2.23. The molecule has 3 N–H and O–H groups in total. The molecule has 30 heavy (non-hydrogen) atoms. The Hall–Kier alpha value is -3.16. The summed E-state index contributed by atoms with van der Waals surface area (Å²) in [6.07, 6.45) is 0. The molecular formula is C23H26N4O2S. The number of rotatable bonds is 7. The second kappa shape index (κ2) is 9.56. The Labute approximate surface area is 180 Å². The quantitative estimate of drug-likeness (QED) is 0.560. The van der Waals surface area contributed by atoms with Crippen molar-refractivity contribution in [3.05, 3.63) is 65.5 Å². The van der Waals surface area contributed by atoms with Gasteiger partial charge in [-0.1, -0.05) is 12.1 Å². The minimum absolute atomic E-state index is 0.0350. The molecule has 2 aromatic carbocycles. The predicted octanol–water partition coefficient (Wildman–Crippen LogP) is 4.16. The molecule has 0 radical (unpaired) electrons. The van der Waals surface area contributed by atoms with Crippen LogP contribution in [0.2, 0.25) is 0 Å². The van der Waals surface area contributed by atoms with Gasteiger partial charge in [-0.25, -0.2) is 0 Å². The summed E-state index contributed by atoms with van der Waals surface area (Å²) in [5, 5.41) is 4.90. The zero-order valence-corrected chi connectivity index (χ0v) is 18.2. The number of likely N-dealkylation sites (N-methyl/N-ethyl adjacent to an activating group) is 1. The molecule has 0 aliphatic carbocycles. The summed E-state index contributed by atoms with van der Waals surface area (Å²) in [6, 6.07) is 16.6. The number of nitrogens with one attached hydrogen (secondary N) is 1. The molecule has 2 amide bonds. The number of benzene rings is 2. The molecular weight excluding hydrogens is 396 g/mol. The molecule has 0 spiro atoms. The third-order valence-electron chi connectivity index (χ3n) is 4.70. The molecule has 0 aliphatic rings. The van der Waals surface area contributed by atoms with Crippen LogP contribution in [0.25, 0.3) is 10.4 Å². The van der Waals surface area contributed by atoms with E-state index in [9.17, 15) is 9.59 Å². The first kappa shape index (κ1) is 21.5. The number of hydrogen-bond donors (Lipinski definition) is 2. The van der Waals surface area contributed by atoms with Crippen molar-refractivity contribution < 1.29 is 9.59 Å². The van der Waals surface area contributed by atoms with Crippen LogP contribution in [0.5, 0.6) is 0 Å². The molecule has 0 unspecified atom stereocenters. The molecule has 0 atom stereocenters. The average Bonchev–Trinajstić information content (AvgIpc) is 3.24. The zero-order chi connectivity index (χ0) is 21.7. The summed E-state index contributed by atoms with van der Waals surface area (Å²) in [4.78, 5) is 29.6. The van der Waals surface area contributed by atoms with Crippen molar-refractivity contribution in [2.75, 3.05) is 43.1 Å². The summed E-state index contributed by atoms with van der Waals surface area (Å²) in [5.74, 6) is -0.286. The van der Waals surface area contributed by atoms with Crippen LogP contribution >= 0.6 is 11.3 Å². The summed E-state index contributed by atoms with van der Waals surface area (Å²) in [7, 11) is 3.93. The SMILES string of the molecule is CC(=O)N(CCN(C)C)c1ccc(C(=O)Nc2cc(-c3cccs3)ccc2N)cc1. The van der Waals surface area contributed by atoms with Gasteiger partial charge in [-0.2, -0.15) is 0 Å². The van der Waals surface area contributed by atoms with Gasteiger partial charge in [0, 0.05) is 36.1 Å². The largest absolute Gasteiger partial charge is 0.397 e. The maximum absolute atomic E-state index is 12.7. The lowest BCUT2D eigenvalue weighted by Crippen LogP contribution is -2.35. The number of nitrogen functional groups attached to an aromatic ring is 1. The number of nitrogens with two attached hydrogens (primary N) is 1. The number of amides is 2. The van der Waals surface area contributed by atoms with E-state index in [1.54, 1.807) is 53.5 Å². The average molecular weight is 423 g/mol. The summed E-state index contributed by atoms with van der Waals surface area (Å²) >= 11 is 1.63. The minimum atomic E-state index is -0.251. The molecule has 0 fully saturated rings. The number of anilines is 3. The fraction of sp³-hybridized carbons (Fsp3) is 0.217. The summed E-state index contributed by atoms with van der Waals surface area (Å²) < 4.78 is 0. The number of carbonyl (C=O) groups excluding carboxylic acids is 2. The smallest absolute Gasteiger partial charge is 0.255 e. The molecule has 0 aliphatic heterocycles. The monoisotopic (exact) mass is 422 g/mol. The number of nitrogens with zero attached hydrogens (tertiary/aromatic N) is 2. The van der Waals surface area contributed by atoms with E-state index in [2.05, 4.69) is 5.32 Å². The van der Waals surface area contributed by atoms with Gasteiger partial charge in [-0.3, -0.25) is 9.59 Å². The summed E-state index contributed by atoms with van der Waals surface area (Å²) in [6.45, 7) is 2.88. The highest BCUT2D eigenvalue weighted by molar-refractivity contribution is 7.13. The highest BCUT2D eigenvalue weighted by Crippen LogP contribution is 2.30. The van der Waals surface area contributed by atoms with Crippen molar-refractivity contribution in [2.24, 2.45) is 0 Å². The molecule has 3 aromatic rings. The molecule has 1 heterocycles. The van der Waals surface area contributed by atoms with Gasteiger partial charge in [0.2, 0.25) is 5.91 Å². The van der Waals surface area contributed by atoms with Crippen LogP contribution in [0.1, 0.15) is 17.3 Å². The predicted molar refractivity (Wildman–Crippen MR) is 125 cm³/mol. The van der Waals surface area contributed by atoms with Crippen molar-refractivity contribution >= 4 is 40.2 Å². The molecule has 1 aromatic heterocycles. The van der Waals surface area contributed by atoms with Crippen LogP contribution < -0.4 is 16.0 Å². The second-order valence-electron chi connectivity index (χ2n) is 7.25. The van der Waals surface area contributed by atoms with Gasteiger partial charge in [0.15, 0.2) is 0 Å². The first-order valence-electron chi connectivity index (χ1n) is 9.63. The van der Waals surface area contributed by atoms with Crippen LogP contribution in [0.15, 0.2) is 60.0 Å². The van der Waals surface area contributed by atoms with Crippen molar-refractivity contribution in [2.45, 2.75) is 6.92 Å². The fourth-order valence-electron chi connectivity index (χ4n) is 3.02. The van der Waals surface area contributed by atoms with E-state index in [1.165, 1.54) is 0 Å². The van der Waals surface area contributed by atoms with Crippen molar-refractivity contribution in [1.29, 1.82) is 0 Å². The topological polar surface area (TPSA) is 78.7 Å². The van der Waals surface area contributed by atoms with E-state index in [0.717, 1.165) is 22.7 Å². The van der Waals surface area contributed by atoms with Crippen LogP contribution in [0, 0.1) is 0 Å². The van der Waals surface area contributed by atoms with Crippen molar-refractivity contribution in [3.8, 4) is 10.4 Å². The highest BCUT2D eigenvalue weighted by atomic mass is 32.1. The first-order valence-corrected chi connectivity index (χ1v) is 10.5. The van der Waals surface area contributed by atoms with Crippen molar-refractivity contribution in [3.63, 3.8) is 0 Å².